The lowest BCUT2D eigenvalue weighted by atomic mass is 9.94. The van der Waals surface area contributed by atoms with Crippen molar-refractivity contribution >= 4 is 17.2 Å². The third-order valence-electron chi connectivity index (χ3n) is 3.25. The van der Waals surface area contributed by atoms with E-state index in [1.165, 1.54) is 0 Å². The summed E-state index contributed by atoms with van der Waals surface area (Å²) in [7, 11) is 0. The Morgan fingerprint density at radius 1 is 0.944 bits per heavy atom. The lowest BCUT2D eigenvalue weighted by Crippen LogP contribution is -2.11. The van der Waals surface area contributed by atoms with Crippen LogP contribution >= 0.6 is 0 Å². The minimum absolute atomic E-state index is 0.134. The molecule has 0 bridgehead atoms. The van der Waals surface area contributed by atoms with Crippen molar-refractivity contribution in [3.8, 4) is 0 Å². The molecule has 2 nitrogen and oxygen atoms in total. The predicted molar refractivity (Wildman–Crippen MR) is 72.8 cm³/mol. The fraction of sp³-hybridized carbons (Fsp3) is 0.125. The van der Waals surface area contributed by atoms with Crippen molar-refractivity contribution in [1.29, 1.82) is 0 Å². The number of hydrogen-bond donors (Lipinski definition) is 0. The van der Waals surface area contributed by atoms with Crippen LogP contribution in [0.4, 0.5) is 5.69 Å². The molecule has 0 unspecified atom stereocenters. The first-order chi connectivity index (χ1) is 8.75. The van der Waals surface area contributed by atoms with Crippen LogP contribution in [-0.4, -0.2) is 11.5 Å². The molecule has 1 aliphatic heterocycles. The largest absolute Gasteiger partial charge is 0.294 e. The molecular weight excluding hydrogens is 222 g/mol. The maximum atomic E-state index is 12.3. The van der Waals surface area contributed by atoms with Crippen LogP contribution in [0.25, 0.3) is 0 Å². The number of Topliss-reactive ketones (excluding diaryl/α,β-unsaturated/α-hetero) is 1. The average Bonchev–Trinajstić information content (AvgIpc) is 2.38. The third kappa shape index (κ3) is 1.76. The van der Waals surface area contributed by atoms with Gasteiger partial charge in [-0.25, -0.2) is 0 Å². The molecule has 0 atom stereocenters. The van der Waals surface area contributed by atoms with Crippen molar-refractivity contribution in [3.63, 3.8) is 0 Å². The van der Waals surface area contributed by atoms with E-state index in [9.17, 15) is 4.79 Å². The van der Waals surface area contributed by atoms with Crippen LogP contribution in [0, 0.1) is 0 Å². The van der Waals surface area contributed by atoms with Crippen molar-refractivity contribution in [2.75, 3.05) is 0 Å². The summed E-state index contributed by atoms with van der Waals surface area (Å²) in [6.45, 7) is 1.99. The maximum absolute atomic E-state index is 12.3. The second-order valence-electron chi connectivity index (χ2n) is 4.47. The Bertz CT molecular complexity index is 656. The van der Waals surface area contributed by atoms with E-state index in [-0.39, 0.29) is 5.78 Å². The van der Waals surface area contributed by atoms with E-state index in [0.29, 0.717) is 12.0 Å². The first-order valence-corrected chi connectivity index (χ1v) is 6.01. The molecule has 0 N–H and O–H groups in total. The highest BCUT2D eigenvalue weighted by molar-refractivity contribution is 6.09. The molecule has 0 aromatic heterocycles. The normalized spacial score (nSPS) is 14.1. The molecule has 2 aromatic rings. The van der Waals surface area contributed by atoms with Gasteiger partial charge in [-0.1, -0.05) is 36.4 Å². The van der Waals surface area contributed by atoms with Crippen molar-refractivity contribution < 1.29 is 4.79 Å². The number of carbonyl (C=O) groups excluding carboxylic acids is 1. The molecule has 88 valence electrons. The minimum atomic E-state index is 0.134. The lowest BCUT2D eigenvalue weighted by Gasteiger charge is -2.14. The summed E-state index contributed by atoms with van der Waals surface area (Å²) in [5.41, 5.74) is 4.57. The number of benzene rings is 2. The third-order valence-corrected chi connectivity index (χ3v) is 3.25. The topological polar surface area (TPSA) is 29.4 Å². The van der Waals surface area contributed by atoms with Crippen LogP contribution in [0.5, 0.6) is 0 Å². The number of nitrogens with zero attached hydrogens (tertiary/aromatic N) is 1. The molecule has 2 heteroatoms. The van der Waals surface area contributed by atoms with Crippen molar-refractivity contribution in [1.82, 2.24) is 0 Å². The molecular formula is C16H13NO. The van der Waals surface area contributed by atoms with Gasteiger partial charge in [0.05, 0.1) is 5.69 Å². The van der Waals surface area contributed by atoms with Gasteiger partial charge >= 0.3 is 0 Å². The Hall–Kier alpha value is -2.22. The second-order valence-corrected chi connectivity index (χ2v) is 4.47. The number of rotatable bonds is 0. The Kier molecular flexibility index (Phi) is 2.56. The van der Waals surface area contributed by atoms with Crippen LogP contribution in [-0.2, 0) is 6.42 Å². The van der Waals surface area contributed by atoms with Gasteiger partial charge in [0.25, 0.3) is 0 Å². The van der Waals surface area contributed by atoms with Crippen LogP contribution in [0.2, 0.25) is 0 Å². The lowest BCUT2D eigenvalue weighted by molar-refractivity contribution is 0.0993. The monoisotopic (exact) mass is 235 g/mol. The predicted octanol–water partition coefficient (Wildman–Crippen LogP) is 3.57. The second kappa shape index (κ2) is 4.22. The van der Waals surface area contributed by atoms with Crippen LogP contribution in [0.1, 0.15) is 28.4 Å². The SMILES string of the molecule is CC1=Nc2ccccc2C(=O)Cc2ccccc21. The maximum Gasteiger partial charge on any atom is 0.169 e. The van der Waals surface area contributed by atoms with E-state index in [2.05, 4.69) is 4.99 Å². The highest BCUT2D eigenvalue weighted by Gasteiger charge is 2.17. The Balaban J connectivity index is 2.26. The zero-order valence-corrected chi connectivity index (χ0v) is 10.2. The summed E-state index contributed by atoms with van der Waals surface area (Å²) >= 11 is 0. The van der Waals surface area contributed by atoms with E-state index in [0.717, 1.165) is 22.5 Å². The molecule has 0 saturated carbocycles. The van der Waals surface area contributed by atoms with E-state index in [4.69, 9.17) is 0 Å². The summed E-state index contributed by atoms with van der Waals surface area (Å²) in [6, 6.07) is 15.5. The summed E-state index contributed by atoms with van der Waals surface area (Å²) in [5, 5.41) is 0. The molecule has 0 saturated heterocycles. The Morgan fingerprint density at radius 3 is 2.44 bits per heavy atom. The Labute approximate surface area is 106 Å². The van der Waals surface area contributed by atoms with Crippen LogP contribution < -0.4 is 0 Å². The molecule has 3 rings (SSSR count). The standard InChI is InChI=1S/C16H13NO/c1-11-13-7-3-2-6-12(13)10-16(18)14-8-4-5-9-15(14)17-11/h2-9H,10H2,1H3. The van der Waals surface area contributed by atoms with E-state index in [1.54, 1.807) is 0 Å². The zero-order chi connectivity index (χ0) is 12.5. The Morgan fingerprint density at radius 2 is 1.61 bits per heavy atom. The summed E-state index contributed by atoms with van der Waals surface area (Å²) in [6.07, 6.45) is 0.444. The van der Waals surface area contributed by atoms with Gasteiger partial charge in [0.15, 0.2) is 5.78 Å². The van der Waals surface area contributed by atoms with Gasteiger partial charge in [0.2, 0.25) is 0 Å². The molecule has 2 aromatic carbocycles. The highest BCUT2D eigenvalue weighted by atomic mass is 16.1. The molecule has 0 amide bonds. The molecule has 0 spiro atoms. The highest BCUT2D eigenvalue weighted by Crippen LogP contribution is 2.26. The number of carbonyl (C=O) groups is 1. The van der Waals surface area contributed by atoms with Crippen molar-refractivity contribution in [2.45, 2.75) is 13.3 Å². The van der Waals surface area contributed by atoms with Crippen molar-refractivity contribution in [2.24, 2.45) is 4.99 Å². The van der Waals surface area contributed by atoms with E-state index >= 15 is 0 Å². The minimum Gasteiger partial charge on any atom is -0.294 e. The number of fused-ring (bicyclic) bond motifs is 2. The summed E-state index contributed by atoms with van der Waals surface area (Å²) < 4.78 is 0. The van der Waals surface area contributed by atoms with Gasteiger partial charge in [0.1, 0.15) is 0 Å². The first-order valence-electron chi connectivity index (χ1n) is 6.01. The fourth-order valence-electron chi connectivity index (χ4n) is 2.34. The molecule has 1 heterocycles. The van der Waals surface area contributed by atoms with Crippen LogP contribution in [0.3, 0.4) is 0 Å². The number of aliphatic imine (C=N–C) groups is 1. The smallest absolute Gasteiger partial charge is 0.169 e. The fourth-order valence-corrected chi connectivity index (χ4v) is 2.34. The number of para-hydroxylation sites is 1. The van der Waals surface area contributed by atoms with E-state index in [1.807, 2.05) is 55.5 Å². The van der Waals surface area contributed by atoms with Gasteiger partial charge in [-0.2, -0.15) is 0 Å². The number of hydrogen-bond acceptors (Lipinski definition) is 2. The molecule has 0 aliphatic carbocycles. The van der Waals surface area contributed by atoms with Crippen molar-refractivity contribution in [3.05, 3.63) is 65.2 Å². The zero-order valence-electron chi connectivity index (χ0n) is 10.2. The van der Waals surface area contributed by atoms with E-state index < -0.39 is 0 Å². The van der Waals surface area contributed by atoms with Gasteiger partial charge in [0, 0.05) is 17.7 Å². The van der Waals surface area contributed by atoms with Gasteiger partial charge in [-0.15, -0.1) is 0 Å². The average molecular weight is 235 g/mol. The molecule has 0 radical (unpaired) electrons. The summed E-state index contributed by atoms with van der Waals surface area (Å²) in [5.74, 6) is 0.134. The quantitative estimate of drug-likeness (QED) is 0.686. The summed E-state index contributed by atoms with van der Waals surface area (Å²) in [4.78, 5) is 16.8. The number of ketones is 1. The van der Waals surface area contributed by atoms with Gasteiger partial charge < -0.3 is 0 Å². The van der Waals surface area contributed by atoms with Crippen LogP contribution in [0.15, 0.2) is 53.5 Å². The van der Waals surface area contributed by atoms with Gasteiger partial charge in [-0.05, 0) is 30.2 Å². The molecule has 0 fully saturated rings. The van der Waals surface area contributed by atoms with Gasteiger partial charge in [-0.3, -0.25) is 9.79 Å². The first kappa shape index (κ1) is 10.9. The molecule has 1 aliphatic rings. The molecule has 18 heavy (non-hydrogen) atoms.